The molecule has 0 saturated carbocycles. The second-order valence-corrected chi connectivity index (χ2v) is 6.06. The second-order valence-electron chi connectivity index (χ2n) is 6.06. The lowest BCUT2D eigenvalue weighted by atomic mass is 10.0. The first-order chi connectivity index (χ1) is 12.0. The van der Waals surface area contributed by atoms with Crippen LogP contribution in [0.5, 0.6) is 0 Å². The number of nitrogens with one attached hydrogen (secondary N) is 2. The number of benzene rings is 2. The van der Waals surface area contributed by atoms with Gasteiger partial charge in [0.15, 0.2) is 0 Å². The summed E-state index contributed by atoms with van der Waals surface area (Å²) in [6.07, 6.45) is 0.142. The van der Waals surface area contributed by atoms with E-state index in [0.29, 0.717) is 5.69 Å². The molecule has 0 saturated heterocycles. The molecule has 2 aromatic rings. The molecule has 0 aliphatic carbocycles. The van der Waals surface area contributed by atoms with E-state index in [9.17, 15) is 14.7 Å². The average Bonchev–Trinajstić information content (AvgIpc) is 2.66. The quantitative estimate of drug-likeness (QED) is 0.708. The molecule has 0 bridgehead atoms. The van der Waals surface area contributed by atoms with E-state index < -0.39 is 17.9 Å². The van der Waals surface area contributed by atoms with Gasteiger partial charge >= 0.3 is 11.8 Å². The number of anilines is 1. The molecule has 0 aliphatic rings. The largest absolute Gasteiger partial charge is 0.391 e. The topological polar surface area (TPSA) is 78.4 Å². The van der Waals surface area contributed by atoms with E-state index in [0.717, 1.165) is 17.5 Å². The molecule has 2 rings (SSSR count). The van der Waals surface area contributed by atoms with Crippen LogP contribution in [0.15, 0.2) is 54.6 Å². The fraction of sp³-hybridized carbons (Fsp3) is 0.300. The van der Waals surface area contributed by atoms with E-state index in [2.05, 4.69) is 10.6 Å². The molecule has 2 unspecified atom stereocenters. The molecule has 0 aromatic heterocycles. The van der Waals surface area contributed by atoms with Gasteiger partial charge in [0.1, 0.15) is 0 Å². The van der Waals surface area contributed by atoms with Crippen LogP contribution in [0.3, 0.4) is 0 Å². The van der Waals surface area contributed by atoms with E-state index in [-0.39, 0.29) is 12.5 Å². The third-order valence-electron chi connectivity index (χ3n) is 4.23. The smallest absolute Gasteiger partial charge is 0.313 e. The minimum atomic E-state index is -0.755. The van der Waals surface area contributed by atoms with Crippen molar-refractivity contribution in [1.82, 2.24) is 5.32 Å². The van der Waals surface area contributed by atoms with E-state index in [1.165, 1.54) is 0 Å². The molecular weight excluding hydrogens is 316 g/mol. The van der Waals surface area contributed by atoms with Gasteiger partial charge in [-0.3, -0.25) is 9.59 Å². The van der Waals surface area contributed by atoms with Gasteiger partial charge in [-0.2, -0.15) is 0 Å². The molecule has 5 heteroatoms. The minimum absolute atomic E-state index is 0.0637. The number of carbonyl (C=O) groups excluding carboxylic acids is 2. The minimum Gasteiger partial charge on any atom is -0.391 e. The third-order valence-corrected chi connectivity index (χ3v) is 4.23. The SMILES string of the molecule is CCC(C)C(O)CNC(=O)C(=O)Nc1ccc(-c2ccccc2)cc1. The van der Waals surface area contributed by atoms with Crippen LogP contribution in [0, 0.1) is 5.92 Å². The van der Waals surface area contributed by atoms with Crippen LogP contribution in [0.25, 0.3) is 11.1 Å². The molecule has 5 nitrogen and oxygen atoms in total. The maximum Gasteiger partial charge on any atom is 0.313 e. The summed E-state index contributed by atoms with van der Waals surface area (Å²) < 4.78 is 0. The van der Waals surface area contributed by atoms with Crippen molar-refractivity contribution in [2.75, 3.05) is 11.9 Å². The van der Waals surface area contributed by atoms with Crippen LogP contribution in [-0.2, 0) is 9.59 Å². The van der Waals surface area contributed by atoms with Crippen LogP contribution in [0.1, 0.15) is 20.3 Å². The summed E-state index contributed by atoms with van der Waals surface area (Å²) in [5.41, 5.74) is 2.65. The second kappa shape index (κ2) is 8.99. The zero-order valence-corrected chi connectivity index (χ0v) is 14.5. The summed E-state index contributed by atoms with van der Waals surface area (Å²) in [4.78, 5) is 23.7. The van der Waals surface area contributed by atoms with Gasteiger partial charge in [-0.15, -0.1) is 0 Å². The van der Waals surface area contributed by atoms with Crippen LogP contribution < -0.4 is 10.6 Å². The number of hydrogen-bond donors (Lipinski definition) is 3. The Bertz CT molecular complexity index is 699. The van der Waals surface area contributed by atoms with Gasteiger partial charge in [-0.1, -0.05) is 62.7 Å². The summed E-state index contributed by atoms with van der Waals surface area (Å²) in [6.45, 7) is 3.92. The summed E-state index contributed by atoms with van der Waals surface area (Å²) in [5.74, 6) is -1.44. The van der Waals surface area contributed by atoms with Crippen LogP contribution in [0.2, 0.25) is 0 Å². The van der Waals surface area contributed by atoms with Gasteiger partial charge in [0.2, 0.25) is 0 Å². The molecule has 2 amide bonds. The first-order valence-electron chi connectivity index (χ1n) is 8.44. The van der Waals surface area contributed by atoms with Gasteiger partial charge in [0.25, 0.3) is 0 Å². The molecule has 0 radical (unpaired) electrons. The number of rotatable bonds is 6. The lowest BCUT2D eigenvalue weighted by Gasteiger charge is -2.17. The molecule has 0 fully saturated rings. The summed E-state index contributed by atoms with van der Waals surface area (Å²) in [6, 6.07) is 17.2. The predicted octanol–water partition coefficient (Wildman–Crippen LogP) is 2.82. The summed E-state index contributed by atoms with van der Waals surface area (Å²) in [5, 5.41) is 14.8. The Morgan fingerprint density at radius 1 is 0.960 bits per heavy atom. The van der Waals surface area contributed by atoms with Crippen molar-refractivity contribution < 1.29 is 14.7 Å². The standard InChI is InChI=1S/C20H24N2O3/c1-3-14(2)18(23)13-21-19(24)20(25)22-17-11-9-16(10-12-17)15-7-5-4-6-8-15/h4-12,14,18,23H,3,13H2,1-2H3,(H,21,24)(H,22,25). The van der Waals surface area contributed by atoms with Gasteiger partial charge in [-0.05, 0) is 29.2 Å². The predicted molar refractivity (Wildman–Crippen MR) is 99.0 cm³/mol. The fourth-order valence-corrected chi connectivity index (χ4v) is 2.32. The van der Waals surface area contributed by atoms with Gasteiger partial charge < -0.3 is 15.7 Å². The molecule has 3 N–H and O–H groups in total. The lowest BCUT2D eigenvalue weighted by Crippen LogP contribution is -2.41. The highest BCUT2D eigenvalue weighted by Gasteiger charge is 2.17. The Kier molecular flexibility index (Phi) is 6.71. The van der Waals surface area contributed by atoms with Gasteiger partial charge in [0, 0.05) is 12.2 Å². The first-order valence-corrected chi connectivity index (χ1v) is 8.44. The number of hydrogen-bond acceptors (Lipinski definition) is 3. The number of aliphatic hydroxyl groups excluding tert-OH is 1. The Labute approximate surface area is 148 Å². The van der Waals surface area contributed by atoms with Crippen molar-refractivity contribution in [3.63, 3.8) is 0 Å². The van der Waals surface area contributed by atoms with E-state index in [1.807, 2.05) is 56.3 Å². The molecule has 0 heterocycles. The van der Waals surface area contributed by atoms with Crippen molar-refractivity contribution >= 4 is 17.5 Å². The van der Waals surface area contributed by atoms with Crippen LogP contribution in [0.4, 0.5) is 5.69 Å². The highest BCUT2D eigenvalue weighted by molar-refractivity contribution is 6.39. The molecule has 0 spiro atoms. The maximum atomic E-state index is 11.9. The van der Waals surface area contributed by atoms with Crippen molar-refractivity contribution in [3.05, 3.63) is 54.6 Å². The molecule has 25 heavy (non-hydrogen) atoms. The maximum absolute atomic E-state index is 11.9. The highest BCUT2D eigenvalue weighted by atomic mass is 16.3. The summed E-state index contributed by atoms with van der Waals surface area (Å²) >= 11 is 0. The molecular formula is C20H24N2O3. The van der Waals surface area contributed by atoms with Gasteiger partial charge in [0.05, 0.1) is 6.10 Å². The number of aliphatic hydroxyl groups is 1. The van der Waals surface area contributed by atoms with Crippen molar-refractivity contribution in [1.29, 1.82) is 0 Å². The van der Waals surface area contributed by atoms with E-state index in [1.54, 1.807) is 12.1 Å². The molecule has 2 aromatic carbocycles. The Balaban J connectivity index is 1.89. The Morgan fingerprint density at radius 3 is 2.16 bits per heavy atom. The third kappa shape index (κ3) is 5.43. The van der Waals surface area contributed by atoms with Gasteiger partial charge in [-0.25, -0.2) is 0 Å². The van der Waals surface area contributed by atoms with E-state index in [4.69, 9.17) is 0 Å². The Hall–Kier alpha value is -2.66. The zero-order chi connectivity index (χ0) is 18.2. The molecule has 132 valence electrons. The fourth-order valence-electron chi connectivity index (χ4n) is 2.32. The lowest BCUT2D eigenvalue weighted by molar-refractivity contribution is -0.136. The Morgan fingerprint density at radius 2 is 1.56 bits per heavy atom. The summed E-state index contributed by atoms with van der Waals surface area (Å²) in [7, 11) is 0. The van der Waals surface area contributed by atoms with Crippen molar-refractivity contribution in [2.24, 2.45) is 5.92 Å². The average molecular weight is 340 g/mol. The van der Waals surface area contributed by atoms with E-state index >= 15 is 0 Å². The number of carbonyl (C=O) groups is 2. The number of amides is 2. The van der Waals surface area contributed by atoms with Crippen LogP contribution >= 0.6 is 0 Å². The van der Waals surface area contributed by atoms with Crippen LogP contribution in [-0.4, -0.2) is 29.6 Å². The first kappa shape index (κ1) is 18.7. The zero-order valence-electron chi connectivity index (χ0n) is 14.5. The van der Waals surface area contributed by atoms with Crippen molar-refractivity contribution in [2.45, 2.75) is 26.4 Å². The molecule has 0 aliphatic heterocycles. The monoisotopic (exact) mass is 340 g/mol. The highest BCUT2D eigenvalue weighted by Crippen LogP contribution is 2.20. The normalized spacial score (nSPS) is 12.9. The van der Waals surface area contributed by atoms with Crippen molar-refractivity contribution in [3.8, 4) is 11.1 Å². The molecule has 2 atom stereocenters.